The summed E-state index contributed by atoms with van der Waals surface area (Å²) in [6, 6.07) is 1.79. The van der Waals surface area contributed by atoms with Gasteiger partial charge in [0.15, 0.2) is 5.82 Å². The molecule has 1 saturated heterocycles. The summed E-state index contributed by atoms with van der Waals surface area (Å²) in [5.41, 5.74) is 0.500. The van der Waals surface area contributed by atoms with Crippen molar-refractivity contribution in [2.45, 2.75) is 52.5 Å². The van der Waals surface area contributed by atoms with Crippen molar-refractivity contribution in [3.05, 3.63) is 36.0 Å². The molecule has 0 bridgehead atoms. The molecule has 1 N–H and O–H groups in total. The standard InChI is InChI=1S/C20H28N6O2/c1-4-26-9-7-17(24-26)23-18(27)10-15-6-5-8-25(13-15)20(28)16-11-21-19(14(2)3)22-12-16/h7,9,11-12,14-15H,4-6,8,10,13H2,1-3H3,(H,23,24,27). The lowest BCUT2D eigenvalue weighted by Crippen LogP contribution is -2.41. The van der Waals surface area contributed by atoms with Crippen LogP contribution in [0.25, 0.3) is 0 Å². The van der Waals surface area contributed by atoms with Gasteiger partial charge < -0.3 is 10.2 Å². The molecule has 2 amide bonds. The number of amides is 2. The highest BCUT2D eigenvalue weighted by atomic mass is 16.2. The largest absolute Gasteiger partial charge is 0.338 e. The van der Waals surface area contributed by atoms with Gasteiger partial charge in [-0.15, -0.1) is 0 Å². The van der Waals surface area contributed by atoms with Gasteiger partial charge in [0.2, 0.25) is 5.91 Å². The van der Waals surface area contributed by atoms with Crippen LogP contribution in [-0.4, -0.2) is 49.6 Å². The van der Waals surface area contributed by atoms with Gasteiger partial charge in [-0.1, -0.05) is 13.8 Å². The number of nitrogens with one attached hydrogen (secondary N) is 1. The second-order valence-corrected chi connectivity index (χ2v) is 7.55. The lowest BCUT2D eigenvalue weighted by atomic mass is 9.94. The fourth-order valence-electron chi connectivity index (χ4n) is 3.41. The Hall–Kier alpha value is -2.77. The van der Waals surface area contributed by atoms with Crippen LogP contribution >= 0.6 is 0 Å². The van der Waals surface area contributed by atoms with Crippen LogP contribution in [0.4, 0.5) is 5.82 Å². The van der Waals surface area contributed by atoms with E-state index in [-0.39, 0.29) is 23.7 Å². The van der Waals surface area contributed by atoms with E-state index in [0.717, 1.165) is 25.2 Å². The Kier molecular flexibility index (Phi) is 6.38. The first kappa shape index (κ1) is 20.0. The molecule has 1 aliphatic rings. The van der Waals surface area contributed by atoms with Crippen molar-refractivity contribution in [1.82, 2.24) is 24.6 Å². The number of carbonyl (C=O) groups excluding carboxylic acids is 2. The highest BCUT2D eigenvalue weighted by molar-refractivity contribution is 5.94. The number of carbonyl (C=O) groups is 2. The molecule has 1 unspecified atom stereocenters. The molecule has 1 atom stereocenters. The van der Waals surface area contributed by atoms with Crippen LogP contribution in [0.2, 0.25) is 0 Å². The van der Waals surface area contributed by atoms with Gasteiger partial charge in [0.05, 0.1) is 5.56 Å². The summed E-state index contributed by atoms with van der Waals surface area (Å²) in [5, 5.41) is 7.11. The maximum atomic E-state index is 12.8. The third kappa shape index (κ3) is 4.94. The SMILES string of the molecule is CCn1ccc(NC(=O)CC2CCCN(C(=O)c3cnc(C(C)C)nc3)C2)n1. The van der Waals surface area contributed by atoms with Crippen molar-refractivity contribution in [3.63, 3.8) is 0 Å². The van der Waals surface area contributed by atoms with E-state index in [9.17, 15) is 9.59 Å². The van der Waals surface area contributed by atoms with Crippen molar-refractivity contribution < 1.29 is 9.59 Å². The third-order valence-corrected chi connectivity index (χ3v) is 4.95. The Morgan fingerprint density at radius 3 is 2.68 bits per heavy atom. The van der Waals surface area contributed by atoms with Crippen LogP contribution in [0.1, 0.15) is 62.1 Å². The van der Waals surface area contributed by atoms with Crippen LogP contribution in [0, 0.1) is 5.92 Å². The number of nitrogens with zero attached hydrogens (tertiary/aromatic N) is 5. The predicted octanol–water partition coefficient (Wildman–Crippen LogP) is 2.70. The summed E-state index contributed by atoms with van der Waals surface area (Å²) in [6.45, 7) is 8.06. The molecule has 0 aliphatic carbocycles. The molecule has 0 spiro atoms. The molecule has 1 fully saturated rings. The van der Waals surface area contributed by atoms with Gasteiger partial charge in [0.1, 0.15) is 5.82 Å². The van der Waals surface area contributed by atoms with Crippen molar-refractivity contribution in [3.8, 4) is 0 Å². The number of hydrogen-bond donors (Lipinski definition) is 1. The molecule has 1 aliphatic heterocycles. The molecular formula is C20H28N6O2. The molecule has 3 heterocycles. The Morgan fingerprint density at radius 2 is 2.04 bits per heavy atom. The van der Waals surface area contributed by atoms with Gasteiger partial charge in [-0.2, -0.15) is 5.10 Å². The number of aryl methyl sites for hydroxylation is 1. The predicted molar refractivity (Wildman–Crippen MR) is 106 cm³/mol. The minimum absolute atomic E-state index is 0.0646. The zero-order valence-corrected chi connectivity index (χ0v) is 16.8. The molecular weight excluding hydrogens is 356 g/mol. The molecule has 28 heavy (non-hydrogen) atoms. The molecule has 0 saturated carbocycles. The first-order chi connectivity index (χ1) is 13.5. The van der Waals surface area contributed by atoms with E-state index in [1.807, 2.05) is 27.0 Å². The maximum absolute atomic E-state index is 12.8. The van der Waals surface area contributed by atoms with Crippen molar-refractivity contribution in [1.29, 1.82) is 0 Å². The first-order valence-electron chi connectivity index (χ1n) is 9.90. The monoisotopic (exact) mass is 384 g/mol. The Labute approximate surface area is 165 Å². The van der Waals surface area contributed by atoms with Gasteiger partial charge in [0, 0.05) is 56.6 Å². The van der Waals surface area contributed by atoms with E-state index in [0.29, 0.717) is 30.9 Å². The lowest BCUT2D eigenvalue weighted by molar-refractivity contribution is -0.117. The topological polar surface area (TPSA) is 93.0 Å². The average molecular weight is 384 g/mol. The first-order valence-corrected chi connectivity index (χ1v) is 9.90. The fraction of sp³-hybridized carbons (Fsp3) is 0.550. The highest BCUT2D eigenvalue weighted by Gasteiger charge is 2.26. The average Bonchev–Trinajstić information content (AvgIpc) is 3.15. The lowest BCUT2D eigenvalue weighted by Gasteiger charge is -2.32. The normalized spacial score (nSPS) is 17.0. The minimum Gasteiger partial charge on any atom is -0.338 e. The summed E-state index contributed by atoms with van der Waals surface area (Å²) < 4.78 is 1.77. The summed E-state index contributed by atoms with van der Waals surface area (Å²) >= 11 is 0. The van der Waals surface area contributed by atoms with E-state index < -0.39 is 0 Å². The quantitative estimate of drug-likeness (QED) is 0.826. The van der Waals surface area contributed by atoms with Gasteiger partial charge in [-0.05, 0) is 25.7 Å². The summed E-state index contributed by atoms with van der Waals surface area (Å²) in [4.78, 5) is 35.5. The Bertz CT molecular complexity index is 814. The van der Waals surface area contributed by atoms with Crippen LogP contribution in [0.5, 0.6) is 0 Å². The van der Waals surface area contributed by atoms with Gasteiger partial charge in [-0.25, -0.2) is 9.97 Å². The molecule has 3 rings (SSSR count). The molecule has 8 nitrogen and oxygen atoms in total. The van der Waals surface area contributed by atoms with E-state index >= 15 is 0 Å². The number of piperidine rings is 1. The second kappa shape index (κ2) is 8.95. The molecule has 0 radical (unpaired) electrons. The molecule has 2 aromatic heterocycles. The maximum Gasteiger partial charge on any atom is 0.256 e. The zero-order valence-electron chi connectivity index (χ0n) is 16.8. The van der Waals surface area contributed by atoms with Crippen molar-refractivity contribution in [2.75, 3.05) is 18.4 Å². The smallest absolute Gasteiger partial charge is 0.256 e. The van der Waals surface area contributed by atoms with Crippen LogP contribution in [0.15, 0.2) is 24.7 Å². The number of rotatable bonds is 6. The van der Waals surface area contributed by atoms with E-state index in [2.05, 4.69) is 20.4 Å². The van der Waals surface area contributed by atoms with E-state index in [1.165, 1.54) is 0 Å². The highest BCUT2D eigenvalue weighted by Crippen LogP contribution is 2.22. The zero-order chi connectivity index (χ0) is 20.1. The van der Waals surface area contributed by atoms with Crippen LogP contribution in [0.3, 0.4) is 0 Å². The van der Waals surface area contributed by atoms with Gasteiger partial charge in [-0.3, -0.25) is 14.3 Å². The summed E-state index contributed by atoms with van der Waals surface area (Å²) in [5.74, 6) is 1.54. The van der Waals surface area contributed by atoms with Gasteiger partial charge in [0.25, 0.3) is 5.91 Å². The Morgan fingerprint density at radius 1 is 1.29 bits per heavy atom. The van der Waals surface area contributed by atoms with E-state index in [4.69, 9.17) is 0 Å². The molecule has 0 aromatic carbocycles. The number of aromatic nitrogens is 4. The molecule has 8 heteroatoms. The van der Waals surface area contributed by atoms with Crippen LogP contribution < -0.4 is 5.32 Å². The summed E-state index contributed by atoms with van der Waals surface area (Å²) in [6.07, 6.45) is 7.24. The third-order valence-electron chi connectivity index (χ3n) is 4.95. The van der Waals surface area contributed by atoms with Crippen molar-refractivity contribution in [2.24, 2.45) is 5.92 Å². The van der Waals surface area contributed by atoms with Gasteiger partial charge >= 0.3 is 0 Å². The number of likely N-dealkylation sites (tertiary alicyclic amines) is 1. The van der Waals surface area contributed by atoms with Crippen LogP contribution in [-0.2, 0) is 11.3 Å². The number of anilines is 1. The summed E-state index contributed by atoms with van der Waals surface area (Å²) in [7, 11) is 0. The fourth-order valence-corrected chi connectivity index (χ4v) is 3.41. The minimum atomic E-state index is -0.0675. The Balaban J connectivity index is 1.55. The van der Waals surface area contributed by atoms with E-state index in [1.54, 1.807) is 28.0 Å². The molecule has 2 aromatic rings. The number of hydrogen-bond acceptors (Lipinski definition) is 5. The molecule has 150 valence electrons. The second-order valence-electron chi connectivity index (χ2n) is 7.55. The van der Waals surface area contributed by atoms with Crippen molar-refractivity contribution >= 4 is 17.6 Å².